The predicted molar refractivity (Wildman–Crippen MR) is 47.5 cm³/mol. The number of phenols is 1. The minimum atomic E-state index is -0.999. The largest absolute Gasteiger partial charge is 0.508 e. The summed E-state index contributed by atoms with van der Waals surface area (Å²) in [6.07, 6.45) is -0.421. The van der Waals surface area contributed by atoms with Gasteiger partial charge in [0.05, 0.1) is 6.10 Å². The summed E-state index contributed by atoms with van der Waals surface area (Å²) in [5.41, 5.74) is 5.68. The number of aliphatic hydroxyl groups excluding tert-OH is 1. The zero-order valence-electron chi connectivity index (χ0n) is 6.97. The van der Waals surface area contributed by atoms with Crippen LogP contribution in [0, 0.1) is 0 Å². The van der Waals surface area contributed by atoms with Crippen molar-refractivity contribution in [3.63, 3.8) is 0 Å². The molecule has 70 valence electrons. The minimum absolute atomic E-state index is 0.0294. The van der Waals surface area contributed by atoms with Crippen molar-refractivity contribution in [3.8, 4) is 5.75 Å². The van der Waals surface area contributed by atoms with E-state index in [0.29, 0.717) is 6.29 Å². The molecule has 4 heteroatoms. The lowest BCUT2D eigenvalue weighted by atomic mass is 10.0. The number of hydrogen-bond acceptors (Lipinski definition) is 4. The van der Waals surface area contributed by atoms with Gasteiger partial charge in [-0.25, -0.2) is 0 Å². The van der Waals surface area contributed by atoms with Crippen molar-refractivity contribution < 1.29 is 15.0 Å². The van der Waals surface area contributed by atoms with Crippen molar-refractivity contribution in [2.45, 2.75) is 6.10 Å². The molecule has 1 aromatic carbocycles. The molecule has 0 aliphatic heterocycles. The smallest absolute Gasteiger partial charge is 0.150 e. The Morgan fingerprint density at radius 2 is 2.23 bits per heavy atom. The Morgan fingerprint density at radius 1 is 1.54 bits per heavy atom. The monoisotopic (exact) mass is 181 g/mol. The zero-order valence-corrected chi connectivity index (χ0v) is 6.97. The van der Waals surface area contributed by atoms with E-state index in [9.17, 15) is 15.0 Å². The second-order valence-electron chi connectivity index (χ2n) is 2.65. The van der Waals surface area contributed by atoms with Crippen molar-refractivity contribution in [2.75, 3.05) is 6.54 Å². The summed E-state index contributed by atoms with van der Waals surface area (Å²) in [4.78, 5) is 10.5. The van der Waals surface area contributed by atoms with E-state index in [0.717, 1.165) is 0 Å². The zero-order chi connectivity index (χ0) is 9.84. The Labute approximate surface area is 75.6 Å². The number of hydrogen-bond donors (Lipinski definition) is 3. The van der Waals surface area contributed by atoms with Crippen molar-refractivity contribution in [1.29, 1.82) is 0 Å². The molecule has 0 aromatic heterocycles. The molecule has 4 N–H and O–H groups in total. The molecule has 0 spiro atoms. The molecule has 1 aromatic rings. The molecule has 0 saturated carbocycles. The lowest BCUT2D eigenvalue weighted by molar-refractivity contribution is 0.111. The summed E-state index contributed by atoms with van der Waals surface area (Å²) in [5, 5.41) is 18.7. The first kappa shape index (κ1) is 9.70. The Bertz CT molecular complexity index is 312. The highest BCUT2D eigenvalue weighted by Gasteiger charge is 2.14. The van der Waals surface area contributed by atoms with E-state index in [-0.39, 0.29) is 23.4 Å². The van der Waals surface area contributed by atoms with Crippen molar-refractivity contribution >= 4 is 6.29 Å². The van der Waals surface area contributed by atoms with E-state index in [1.54, 1.807) is 0 Å². The van der Waals surface area contributed by atoms with E-state index in [2.05, 4.69) is 0 Å². The molecule has 0 fully saturated rings. The van der Waals surface area contributed by atoms with Gasteiger partial charge in [-0.2, -0.15) is 0 Å². The SMILES string of the molecule is NCC(O)c1c(O)cccc1C=O. The number of carbonyl (C=O) groups is 1. The normalized spacial score (nSPS) is 12.5. The van der Waals surface area contributed by atoms with Gasteiger partial charge in [-0.05, 0) is 6.07 Å². The van der Waals surface area contributed by atoms with Gasteiger partial charge in [0, 0.05) is 17.7 Å². The van der Waals surface area contributed by atoms with Crippen LogP contribution in [0.25, 0.3) is 0 Å². The van der Waals surface area contributed by atoms with Gasteiger partial charge in [-0.3, -0.25) is 4.79 Å². The van der Waals surface area contributed by atoms with Crippen LogP contribution in [0.2, 0.25) is 0 Å². The summed E-state index contributed by atoms with van der Waals surface area (Å²) in [5.74, 6) is -0.109. The molecule has 1 rings (SSSR count). The molecule has 0 heterocycles. The molecular weight excluding hydrogens is 170 g/mol. The van der Waals surface area contributed by atoms with Gasteiger partial charge in [0.25, 0.3) is 0 Å². The van der Waals surface area contributed by atoms with Crippen molar-refractivity contribution in [2.24, 2.45) is 5.73 Å². The van der Waals surface area contributed by atoms with Gasteiger partial charge >= 0.3 is 0 Å². The quantitative estimate of drug-likeness (QED) is 0.581. The number of benzene rings is 1. The average molecular weight is 181 g/mol. The summed E-state index contributed by atoms with van der Waals surface area (Å²) < 4.78 is 0. The van der Waals surface area contributed by atoms with Gasteiger partial charge in [0.1, 0.15) is 5.75 Å². The minimum Gasteiger partial charge on any atom is -0.508 e. The van der Waals surface area contributed by atoms with E-state index in [1.165, 1.54) is 18.2 Å². The molecule has 0 aliphatic rings. The molecule has 4 nitrogen and oxygen atoms in total. The third-order valence-electron chi connectivity index (χ3n) is 1.80. The van der Waals surface area contributed by atoms with Crippen LogP contribution in [0.4, 0.5) is 0 Å². The molecule has 0 amide bonds. The molecular formula is C9H11NO3. The van der Waals surface area contributed by atoms with E-state index in [4.69, 9.17) is 5.73 Å². The van der Waals surface area contributed by atoms with Crippen LogP contribution < -0.4 is 5.73 Å². The fourth-order valence-corrected chi connectivity index (χ4v) is 1.15. The maximum atomic E-state index is 10.5. The molecule has 0 bridgehead atoms. The standard InChI is InChI=1S/C9H11NO3/c10-4-8(13)9-6(5-11)2-1-3-7(9)12/h1-3,5,8,12-13H,4,10H2. The summed E-state index contributed by atoms with van der Waals surface area (Å²) >= 11 is 0. The number of aromatic hydroxyl groups is 1. The molecule has 0 radical (unpaired) electrons. The van der Waals surface area contributed by atoms with E-state index in [1.807, 2.05) is 0 Å². The highest BCUT2D eigenvalue weighted by Crippen LogP contribution is 2.26. The van der Waals surface area contributed by atoms with Crippen LogP contribution in [-0.4, -0.2) is 23.0 Å². The number of carbonyl (C=O) groups excluding carboxylic acids is 1. The first-order chi connectivity index (χ1) is 6.20. The summed E-state index contributed by atoms with van der Waals surface area (Å²) in [7, 11) is 0. The van der Waals surface area contributed by atoms with Gasteiger partial charge in [0.2, 0.25) is 0 Å². The highest BCUT2D eigenvalue weighted by atomic mass is 16.3. The van der Waals surface area contributed by atoms with Crippen LogP contribution in [-0.2, 0) is 0 Å². The second kappa shape index (κ2) is 4.02. The number of phenolic OH excluding ortho intramolecular Hbond substituents is 1. The maximum Gasteiger partial charge on any atom is 0.150 e. The summed E-state index contributed by atoms with van der Waals surface area (Å²) in [6, 6.07) is 4.45. The molecule has 13 heavy (non-hydrogen) atoms. The molecule has 0 saturated heterocycles. The molecule has 1 atom stereocenters. The Kier molecular flexibility index (Phi) is 3.00. The Morgan fingerprint density at radius 3 is 2.77 bits per heavy atom. The fourth-order valence-electron chi connectivity index (χ4n) is 1.15. The predicted octanol–water partition coefficient (Wildman–Crippen LogP) is 0.197. The maximum absolute atomic E-state index is 10.5. The van der Waals surface area contributed by atoms with Crippen molar-refractivity contribution in [3.05, 3.63) is 29.3 Å². The molecule has 1 unspecified atom stereocenters. The third-order valence-corrected chi connectivity index (χ3v) is 1.80. The number of aliphatic hydroxyl groups is 1. The molecule has 0 aliphatic carbocycles. The van der Waals surface area contributed by atoms with Crippen LogP contribution in [0.1, 0.15) is 22.0 Å². The number of rotatable bonds is 3. The third kappa shape index (κ3) is 1.85. The number of nitrogens with two attached hydrogens (primary N) is 1. The van der Waals surface area contributed by atoms with Crippen molar-refractivity contribution in [1.82, 2.24) is 0 Å². The Hall–Kier alpha value is -1.39. The summed E-state index contributed by atoms with van der Waals surface area (Å²) in [6.45, 7) is -0.0294. The van der Waals surface area contributed by atoms with Crippen LogP contribution >= 0.6 is 0 Å². The van der Waals surface area contributed by atoms with Gasteiger partial charge in [0.15, 0.2) is 6.29 Å². The topological polar surface area (TPSA) is 83.6 Å². The van der Waals surface area contributed by atoms with Crippen LogP contribution in [0.3, 0.4) is 0 Å². The van der Waals surface area contributed by atoms with Crippen LogP contribution in [0.15, 0.2) is 18.2 Å². The lowest BCUT2D eigenvalue weighted by Crippen LogP contribution is -2.13. The average Bonchev–Trinajstić information content (AvgIpc) is 2.16. The first-order valence-electron chi connectivity index (χ1n) is 3.86. The fraction of sp³-hybridized carbons (Fsp3) is 0.222. The van der Waals surface area contributed by atoms with E-state index >= 15 is 0 Å². The van der Waals surface area contributed by atoms with Crippen LogP contribution in [0.5, 0.6) is 5.75 Å². The highest BCUT2D eigenvalue weighted by molar-refractivity contribution is 5.78. The lowest BCUT2D eigenvalue weighted by Gasteiger charge is -2.11. The van der Waals surface area contributed by atoms with E-state index < -0.39 is 6.10 Å². The van der Waals surface area contributed by atoms with Gasteiger partial charge in [-0.15, -0.1) is 0 Å². The van der Waals surface area contributed by atoms with Gasteiger partial charge in [-0.1, -0.05) is 12.1 Å². The number of aldehydes is 1. The first-order valence-corrected chi connectivity index (χ1v) is 3.86. The second-order valence-corrected chi connectivity index (χ2v) is 2.65. The Balaban J connectivity index is 3.22. The van der Waals surface area contributed by atoms with Gasteiger partial charge < -0.3 is 15.9 Å².